The summed E-state index contributed by atoms with van der Waals surface area (Å²) in [4.78, 5) is 41.2. The van der Waals surface area contributed by atoms with Crippen LogP contribution >= 0.6 is 11.8 Å². The lowest BCUT2D eigenvalue weighted by atomic mass is 10.1. The summed E-state index contributed by atoms with van der Waals surface area (Å²) in [5.41, 5.74) is 1.91. The van der Waals surface area contributed by atoms with Crippen molar-refractivity contribution in [2.24, 2.45) is 0 Å². The molecule has 150 valence electrons. The third-order valence-corrected chi connectivity index (χ3v) is 5.24. The molecule has 1 saturated heterocycles. The highest BCUT2D eigenvalue weighted by Crippen LogP contribution is 2.32. The number of hydrogen-bond acceptors (Lipinski definition) is 5. The van der Waals surface area contributed by atoms with Crippen molar-refractivity contribution in [3.8, 4) is 11.3 Å². The summed E-state index contributed by atoms with van der Waals surface area (Å²) < 4.78 is 13.1. The lowest BCUT2D eigenvalue weighted by Gasteiger charge is -2.11. The number of amides is 2. The maximum Gasteiger partial charge on any atom is 0.303 e. The first-order valence-corrected chi connectivity index (χ1v) is 9.96. The van der Waals surface area contributed by atoms with Gasteiger partial charge in [-0.3, -0.25) is 19.3 Å². The summed E-state index contributed by atoms with van der Waals surface area (Å²) in [5, 5.41) is 8.30. The standard InChI is InChI=1S/C21H19FN2O4S/c22-15-10-8-14(9-11-15)17-6-4-5-16(23-17)13-18-20(27)24(21(28)29-18)12-3-1-2-7-19(25)26/h4-6,8-11,13H,1-3,7,12H2,(H,25,26)/b18-13-. The predicted octanol–water partition coefficient (Wildman–Crippen LogP) is 4.57. The van der Waals surface area contributed by atoms with Crippen molar-refractivity contribution >= 4 is 35.0 Å². The Labute approximate surface area is 171 Å². The molecule has 1 aliphatic heterocycles. The molecular weight excluding hydrogens is 395 g/mol. The Hall–Kier alpha value is -3.00. The van der Waals surface area contributed by atoms with Crippen LogP contribution in [-0.4, -0.2) is 38.7 Å². The molecule has 1 aliphatic rings. The van der Waals surface area contributed by atoms with E-state index >= 15 is 0 Å². The van der Waals surface area contributed by atoms with Gasteiger partial charge in [0.25, 0.3) is 11.1 Å². The molecule has 2 amide bonds. The number of aromatic nitrogens is 1. The molecule has 0 aliphatic carbocycles. The molecule has 3 rings (SSSR count). The molecule has 0 atom stereocenters. The summed E-state index contributed by atoms with van der Waals surface area (Å²) in [7, 11) is 0. The number of imide groups is 1. The number of carboxylic acid groups (broad SMARTS) is 1. The summed E-state index contributed by atoms with van der Waals surface area (Å²) >= 11 is 0.864. The van der Waals surface area contributed by atoms with Gasteiger partial charge in [0.05, 0.1) is 16.3 Å². The van der Waals surface area contributed by atoms with Gasteiger partial charge < -0.3 is 5.11 Å². The van der Waals surface area contributed by atoms with Crippen molar-refractivity contribution in [2.45, 2.75) is 25.7 Å². The smallest absolute Gasteiger partial charge is 0.303 e. The first-order valence-electron chi connectivity index (χ1n) is 9.14. The van der Waals surface area contributed by atoms with E-state index in [4.69, 9.17) is 5.11 Å². The van der Waals surface area contributed by atoms with Crippen molar-refractivity contribution in [3.63, 3.8) is 0 Å². The molecule has 29 heavy (non-hydrogen) atoms. The number of pyridine rings is 1. The number of nitrogens with zero attached hydrogens (tertiary/aromatic N) is 2. The predicted molar refractivity (Wildman–Crippen MR) is 108 cm³/mol. The Morgan fingerprint density at radius 1 is 1.10 bits per heavy atom. The number of rotatable bonds is 8. The van der Waals surface area contributed by atoms with Gasteiger partial charge in [-0.1, -0.05) is 12.5 Å². The minimum absolute atomic E-state index is 0.0812. The van der Waals surface area contributed by atoms with Gasteiger partial charge in [-0.2, -0.15) is 0 Å². The molecule has 2 aromatic rings. The fourth-order valence-corrected chi connectivity index (χ4v) is 3.71. The van der Waals surface area contributed by atoms with Gasteiger partial charge in [-0.25, -0.2) is 9.37 Å². The molecule has 2 heterocycles. The highest BCUT2D eigenvalue weighted by molar-refractivity contribution is 8.18. The number of benzene rings is 1. The van der Waals surface area contributed by atoms with E-state index in [1.807, 2.05) is 0 Å². The lowest BCUT2D eigenvalue weighted by Crippen LogP contribution is -2.29. The molecule has 0 unspecified atom stereocenters. The number of unbranched alkanes of at least 4 members (excludes halogenated alkanes) is 2. The maximum absolute atomic E-state index is 13.1. The van der Waals surface area contributed by atoms with Gasteiger partial charge in [0, 0.05) is 18.5 Å². The Bertz CT molecular complexity index is 959. The van der Waals surface area contributed by atoms with Crippen molar-refractivity contribution in [2.75, 3.05) is 6.54 Å². The Morgan fingerprint density at radius 3 is 2.59 bits per heavy atom. The second-order valence-corrected chi connectivity index (χ2v) is 7.49. The van der Waals surface area contributed by atoms with Crippen LogP contribution in [0.25, 0.3) is 17.3 Å². The fourth-order valence-electron chi connectivity index (χ4n) is 2.86. The molecule has 0 saturated carbocycles. The summed E-state index contributed by atoms with van der Waals surface area (Å²) in [5.74, 6) is -1.55. The van der Waals surface area contributed by atoms with Crippen LogP contribution in [0.4, 0.5) is 9.18 Å². The Morgan fingerprint density at radius 2 is 1.86 bits per heavy atom. The normalized spacial score (nSPS) is 15.3. The van der Waals surface area contributed by atoms with Gasteiger partial charge in [-0.15, -0.1) is 0 Å². The summed E-state index contributed by atoms with van der Waals surface area (Å²) in [6.45, 7) is 0.269. The maximum atomic E-state index is 13.1. The van der Waals surface area contributed by atoms with E-state index < -0.39 is 5.97 Å². The average Bonchev–Trinajstić information content (AvgIpc) is 2.95. The Balaban J connectivity index is 1.67. The van der Waals surface area contributed by atoms with Crippen molar-refractivity contribution in [1.29, 1.82) is 0 Å². The number of halogens is 1. The zero-order chi connectivity index (χ0) is 20.8. The van der Waals surface area contributed by atoms with Crippen LogP contribution in [0.5, 0.6) is 0 Å². The largest absolute Gasteiger partial charge is 0.481 e. The molecule has 0 spiro atoms. The van der Waals surface area contributed by atoms with E-state index in [2.05, 4.69) is 4.98 Å². The monoisotopic (exact) mass is 414 g/mol. The third kappa shape index (κ3) is 5.51. The van der Waals surface area contributed by atoms with E-state index in [0.717, 1.165) is 17.3 Å². The molecule has 1 aromatic heterocycles. The number of thioether (sulfide) groups is 1. The highest BCUT2D eigenvalue weighted by Gasteiger charge is 2.34. The van der Waals surface area contributed by atoms with E-state index in [1.165, 1.54) is 17.0 Å². The van der Waals surface area contributed by atoms with E-state index in [-0.39, 0.29) is 29.9 Å². The van der Waals surface area contributed by atoms with Crippen molar-refractivity contribution < 1.29 is 23.9 Å². The van der Waals surface area contributed by atoms with Crippen LogP contribution in [0.2, 0.25) is 0 Å². The third-order valence-electron chi connectivity index (χ3n) is 4.34. The zero-order valence-corrected chi connectivity index (χ0v) is 16.3. The summed E-state index contributed by atoms with van der Waals surface area (Å²) in [6, 6.07) is 11.3. The SMILES string of the molecule is O=C(O)CCCCCN1C(=O)S/C(=C\c2cccc(-c3ccc(F)cc3)n2)C1=O. The number of carbonyl (C=O) groups is 3. The Kier molecular flexibility index (Phi) is 6.77. The first kappa shape index (κ1) is 20.7. The second-order valence-electron chi connectivity index (χ2n) is 6.49. The fraction of sp³-hybridized carbons (Fsp3) is 0.238. The molecule has 8 heteroatoms. The minimum Gasteiger partial charge on any atom is -0.481 e. The second kappa shape index (κ2) is 9.47. The summed E-state index contributed by atoms with van der Waals surface area (Å²) in [6.07, 6.45) is 3.37. The van der Waals surface area contributed by atoms with Gasteiger partial charge in [0.1, 0.15) is 5.82 Å². The van der Waals surface area contributed by atoms with Crippen LogP contribution in [0.1, 0.15) is 31.4 Å². The van der Waals surface area contributed by atoms with Crippen LogP contribution in [-0.2, 0) is 9.59 Å². The number of aliphatic carboxylic acids is 1. The van der Waals surface area contributed by atoms with Crippen LogP contribution in [0.15, 0.2) is 47.4 Å². The van der Waals surface area contributed by atoms with Crippen LogP contribution < -0.4 is 0 Å². The molecule has 1 N–H and O–H groups in total. The number of carbonyl (C=O) groups excluding carboxylic acids is 2. The van der Waals surface area contributed by atoms with Gasteiger partial charge in [0.2, 0.25) is 0 Å². The van der Waals surface area contributed by atoms with E-state index in [1.54, 1.807) is 36.4 Å². The molecule has 1 aromatic carbocycles. The molecule has 0 bridgehead atoms. The van der Waals surface area contributed by atoms with Gasteiger partial charge in [-0.05, 0) is 67.1 Å². The minimum atomic E-state index is -0.852. The van der Waals surface area contributed by atoms with Gasteiger partial charge >= 0.3 is 5.97 Å². The van der Waals surface area contributed by atoms with Crippen molar-refractivity contribution in [3.05, 3.63) is 58.9 Å². The highest BCUT2D eigenvalue weighted by atomic mass is 32.2. The number of carboxylic acids is 1. The average molecular weight is 414 g/mol. The van der Waals surface area contributed by atoms with E-state index in [9.17, 15) is 18.8 Å². The topological polar surface area (TPSA) is 87.6 Å². The molecular formula is C21H19FN2O4S. The molecule has 6 nitrogen and oxygen atoms in total. The quantitative estimate of drug-likeness (QED) is 0.503. The van der Waals surface area contributed by atoms with Crippen LogP contribution in [0, 0.1) is 5.82 Å². The van der Waals surface area contributed by atoms with Gasteiger partial charge in [0.15, 0.2) is 0 Å². The first-order chi connectivity index (χ1) is 13.9. The van der Waals surface area contributed by atoms with Crippen LogP contribution in [0.3, 0.4) is 0 Å². The molecule has 1 fully saturated rings. The molecule has 0 radical (unpaired) electrons. The zero-order valence-electron chi connectivity index (χ0n) is 15.5. The van der Waals surface area contributed by atoms with Crippen molar-refractivity contribution in [1.82, 2.24) is 9.88 Å². The van der Waals surface area contributed by atoms with E-state index in [0.29, 0.717) is 35.6 Å². The lowest BCUT2D eigenvalue weighted by molar-refractivity contribution is -0.137. The number of hydrogen-bond donors (Lipinski definition) is 1.